The maximum Gasteiger partial charge on any atom is 0.335 e. The summed E-state index contributed by atoms with van der Waals surface area (Å²) in [6.45, 7) is 0. The van der Waals surface area contributed by atoms with Crippen LogP contribution < -0.4 is 14.9 Å². The second kappa shape index (κ2) is 8.16. The molecule has 0 spiro atoms. The number of rotatable bonds is 6. The van der Waals surface area contributed by atoms with Crippen LogP contribution in [0.3, 0.4) is 0 Å². The van der Waals surface area contributed by atoms with Gasteiger partial charge in [0.05, 0.1) is 36.2 Å². The molecule has 24 heavy (non-hydrogen) atoms. The Balaban J connectivity index is 2.21. The van der Waals surface area contributed by atoms with Gasteiger partial charge in [-0.15, -0.1) is 0 Å². The van der Waals surface area contributed by atoms with E-state index in [4.69, 9.17) is 14.6 Å². The topological polar surface area (TPSA) is 80.2 Å². The summed E-state index contributed by atoms with van der Waals surface area (Å²) in [4.78, 5) is 10.8. The molecule has 0 bridgehead atoms. The molecular formula is C16H14Br2N2O4. The Bertz CT molecular complexity index is 777. The third kappa shape index (κ3) is 4.07. The van der Waals surface area contributed by atoms with Crippen molar-refractivity contribution in [1.82, 2.24) is 0 Å². The van der Waals surface area contributed by atoms with Gasteiger partial charge >= 0.3 is 5.97 Å². The van der Waals surface area contributed by atoms with Crippen molar-refractivity contribution >= 4 is 49.7 Å². The fraction of sp³-hybridized carbons (Fsp3) is 0.125. The van der Waals surface area contributed by atoms with E-state index in [1.807, 2.05) is 6.07 Å². The molecule has 0 aromatic heterocycles. The number of hydrogen-bond donors (Lipinski definition) is 2. The van der Waals surface area contributed by atoms with Gasteiger partial charge in [0, 0.05) is 5.56 Å². The zero-order valence-electron chi connectivity index (χ0n) is 12.8. The van der Waals surface area contributed by atoms with Crippen LogP contribution in [0.4, 0.5) is 5.69 Å². The highest BCUT2D eigenvalue weighted by Gasteiger charge is 2.15. The number of carboxylic acid groups (broad SMARTS) is 1. The average Bonchev–Trinajstić information content (AvgIpc) is 2.55. The lowest BCUT2D eigenvalue weighted by Crippen LogP contribution is -1.98. The first-order valence-corrected chi connectivity index (χ1v) is 8.29. The molecule has 0 saturated carbocycles. The van der Waals surface area contributed by atoms with E-state index in [-0.39, 0.29) is 5.56 Å². The first-order chi connectivity index (χ1) is 11.5. The molecule has 0 aliphatic heterocycles. The molecule has 0 amide bonds. The van der Waals surface area contributed by atoms with E-state index >= 15 is 0 Å². The highest BCUT2D eigenvalue weighted by atomic mass is 79.9. The Morgan fingerprint density at radius 3 is 2.33 bits per heavy atom. The second-order valence-corrected chi connectivity index (χ2v) is 6.23. The summed E-state index contributed by atoms with van der Waals surface area (Å²) in [5, 5.41) is 13.0. The number of anilines is 1. The number of hydrazone groups is 1. The Labute approximate surface area is 155 Å². The first kappa shape index (κ1) is 18.3. The Hall–Kier alpha value is -2.06. The summed E-state index contributed by atoms with van der Waals surface area (Å²) < 4.78 is 12.1. The van der Waals surface area contributed by atoms with Gasteiger partial charge in [0.15, 0.2) is 5.75 Å². The Morgan fingerprint density at radius 2 is 1.79 bits per heavy atom. The van der Waals surface area contributed by atoms with Crippen molar-refractivity contribution in [2.24, 2.45) is 5.10 Å². The highest BCUT2D eigenvalue weighted by Crippen LogP contribution is 2.42. The van der Waals surface area contributed by atoms with E-state index in [0.29, 0.717) is 21.7 Å². The number of carboxylic acids is 1. The summed E-state index contributed by atoms with van der Waals surface area (Å²) >= 11 is 6.88. The van der Waals surface area contributed by atoms with Crippen LogP contribution in [-0.4, -0.2) is 31.5 Å². The van der Waals surface area contributed by atoms with Crippen LogP contribution >= 0.6 is 31.9 Å². The van der Waals surface area contributed by atoms with Crippen LogP contribution in [0, 0.1) is 0 Å². The molecule has 0 fully saturated rings. The van der Waals surface area contributed by atoms with Crippen LogP contribution in [0.5, 0.6) is 11.5 Å². The lowest BCUT2D eigenvalue weighted by molar-refractivity contribution is 0.0697. The smallest absolute Gasteiger partial charge is 0.335 e. The van der Waals surface area contributed by atoms with Crippen molar-refractivity contribution in [2.75, 3.05) is 19.6 Å². The molecule has 2 rings (SSSR count). The van der Waals surface area contributed by atoms with Crippen molar-refractivity contribution in [3.8, 4) is 11.5 Å². The molecule has 2 aromatic carbocycles. The number of nitrogens with zero attached hydrogens (tertiary/aromatic N) is 1. The van der Waals surface area contributed by atoms with Gasteiger partial charge in [-0.3, -0.25) is 5.43 Å². The van der Waals surface area contributed by atoms with Gasteiger partial charge in [0.1, 0.15) is 10.2 Å². The molecular weight excluding hydrogens is 444 g/mol. The molecule has 0 unspecified atom stereocenters. The number of aromatic carboxylic acids is 1. The summed E-state index contributed by atoms with van der Waals surface area (Å²) in [6.07, 6.45) is 1.60. The molecule has 8 heteroatoms. The molecule has 2 aromatic rings. The Morgan fingerprint density at radius 1 is 1.17 bits per heavy atom. The number of carbonyl (C=O) groups is 1. The predicted octanol–water partition coefficient (Wildman–Crippen LogP) is 4.37. The maximum absolute atomic E-state index is 10.8. The number of hydrogen-bond acceptors (Lipinski definition) is 5. The van der Waals surface area contributed by atoms with Crippen molar-refractivity contribution in [3.05, 3.63) is 50.4 Å². The number of methoxy groups -OCH3 is 2. The average molecular weight is 458 g/mol. The minimum absolute atomic E-state index is 0.217. The second-order valence-electron chi connectivity index (χ2n) is 4.58. The summed E-state index contributed by atoms with van der Waals surface area (Å²) in [5.41, 5.74) is 4.45. The summed E-state index contributed by atoms with van der Waals surface area (Å²) in [5.74, 6) is 0.241. The number of nitrogens with one attached hydrogen (secondary N) is 1. The van der Waals surface area contributed by atoms with E-state index in [1.54, 1.807) is 32.6 Å². The minimum Gasteiger partial charge on any atom is -0.495 e. The molecule has 126 valence electrons. The van der Waals surface area contributed by atoms with Gasteiger partial charge in [0.2, 0.25) is 0 Å². The lowest BCUT2D eigenvalue weighted by Gasteiger charge is -2.13. The van der Waals surface area contributed by atoms with Crippen LogP contribution in [0.2, 0.25) is 0 Å². The number of ether oxygens (including phenoxy) is 2. The van der Waals surface area contributed by atoms with Gasteiger partial charge in [-0.1, -0.05) is 0 Å². The monoisotopic (exact) mass is 456 g/mol. The normalized spacial score (nSPS) is 10.7. The molecule has 0 heterocycles. The van der Waals surface area contributed by atoms with Crippen molar-refractivity contribution in [3.63, 3.8) is 0 Å². The number of benzene rings is 2. The molecule has 0 saturated heterocycles. The standard InChI is InChI=1S/C16H14Br2N2O4/c1-23-14-10(7-12(17)15(24-2)13(14)18)8-19-20-11-5-3-9(4-6-11)16(21)22/h3-8,20H,1-2H3,(H,21,22). The van der Waals surface area contributed by atoms with Crippen molar-refractivity contribution in [2.45, 2.75) is 0 Å². The van der Waals surface area contributed by atoms with E-state index in [1.165, 1.54) is 12.1 Å². The molecule has 2 N–H and O–H groups in total. The molecule has 6 nitrogen and oxygen atoms in total. The third-order valence-electron chi connectivity index (χ3n) is 3.10. The van der Waals surface area contributed by atoms with Gasteiger partial charge < -0.3 is 14.6 Å². The number of halogens is 2. The van der Waals surface area contributed by atoms with Gasteiger partial charge in [0.25, 0.3) is 0 Å². The van der Waals surface area contributed by atoms with Crippen LogP contribution in [0.15, 0.2) is 44.4 Å². The molecule has 0 aliphatic rings. The van der Waals surface area contributed by atoms with E-state index in [0.717, 1.165) is 10.0 Å². The lowest BCUT2D eigenvalue weighted by atomic mass is 10.2. The first-order valence-electron chi connectivity index (χ1n) is 6.70. The molecule has 0 radical (unpaired) electrons. The minimum atomic E-state index is -0.970. The Kier molecular flexibility index (Phi) is 6.22. The van der Waals surface area contributed by atoms with Crippen LogP contribution in [0.25, 0.3) is 0 Å². The maximum atomic E-state index is 10.8. The fourth-order valence-electron chi connectivity index (χ4n) is 1.96. The van der Waals surface area contributed by atoms with Gasteiger partial charge in [-0.25, -0.2) is 4.79 Å². The highest BCUT2D eigenvalue weighted by molar-refractivity contribution is 9.11. The largest absolute Gasteiger partial charge is 0.495 e. The van der Waals surface area contributed by atoms with E-state index in [2.05, 4.69) is 42.4 Å². The van der Waals surface area contributed by atoms with Crippen molar-refractivity contribution < 1.29 is 19.4 Å². The SMILES string of the molecule is COc1c(Br)cc(C=NNc2ccc(C(=O)O)cc2)c(OC)c1Br. The van der Waals surface area contributed by atoms with Crippen LogP contribution in [0.1, 0.15) is 15.9 Å². The molecule has 0 aliphatic carbocycles. The summed E-state index contributed by atoms with van der Waals surface area (Å²) in [7, 11) is 3.13. The third-order valence-corrected chi connectivity index (χ3v) is 4.41. The van der Waals surface area contributed by atoms with Crippen molar-refractivity contribution in [1.29, 1.82) is 0 Å². The van der Waals surface area contributed by atoms with E-state index in [9.17, 15) is 4.79 Å². The zero-order valence-corrected chi connectivity index (χ0v) is 16.0. The van der Waals surface area contributed by atoms with Crippen LogP contribution in [-0.2, 0) is 0 Å². The zero-order chi connectivity index (χ0) is 17.7. The summed E-state index contributed by atoms with van der Waals surface area (Å²) in [6, 6.07) is 8.10. The van der Waals surface area contributed by atoms with Gasteiger partial charge in [-0.2, -0.15) is 5.10 Å². The van der Waals surface area contributed by atoms with Gasteiger partial charge in [-0.05, 0) is 62.2 Å². The molecule has 0 atom stereocenters. The predicted molar refractivity (Wildman–Crippen MR) is 99.6 cm³/mol. The van der Waals surface area contributed by atoms with E-state index < -0.39 is 5.97 Å². The quantitative estimate of drug-likeness (QED) is 0.497. The fourth-order valence-corrected chi connectivity index (χ4v) is 3.60.